The highest BCUT2D eigenvalue weighted by molar-refractivity contribution is 7.22. The predicted molar refractivity (Wildman–Crippen MR) is 115 cm³/mol. The summed E-state index contributed by atoms with van der Waals surface area (Å²) in [6.45, 7) is 0.420. The fourth-order valence-corrected chi connectivity index (χ4v) is 4.09. The standard InChI is InChI=1S/C22H17ClN2O2S/c1-27-18-10-11-19-20(13-18)28-22(24-19)25(14-15-6-3-2-4-7-15)21(26)16-8-5-9-17(23)12-16/h2-13H,14H2,1H3. The van der Waals surface area contributed by atoms with Crippen molar-refractivity contribution in [2.45, 2.75) is 6.54 Å². The van der Waals surface area contributed by atoms with Gasteiger partial charge in [-0.2, -0.15) is 0 Å². The van der Waals surface area contributed by atoms with Crippen molar-refractivity contribution < 1.29 is 9.53 Å². The van der Waals surface area contributed by atoms with Gasteiger partial charge >= 0.3 is 0 Å². The van der Waals surface area contributed by atoms with E-state index in [1.807, 2.05) is 48.5 Å². The van der Waals surface area contributed by atoms with Gasteiger partial charge in [0.25, 0.3) is 5.91 Å². The van der Waals surface area contributed by atoms with Crippen LogP contribution in [-0.2, 0) is 6.54 Å². The SMILES string of the molecule is COc1ccc2nc(N(Cc3ccccc3)C(=O)c3cccc(Cl)c3)sc2c1. The molecule has 4 nitrogen and oxygen atoms in total. The van der Waals surface area contributed by atoms with E-state index in [1.165, 1.54) is 11.3 Å². The lowest BCUT2D eigenvalue weighted by Gasteiger charge is -2.20. The van der Waals surface area contributed by atoms with E-state index in [4.69, 9.17) is 16.3 Å². The number of thiazole rings is 1. The molecule has 4 rings (SSSR count). The van der Waals surface area contributed by atoms with Gasteiger partial charge in [-0.3, -0.25) is 9.69 Å². The van der Waals surface area contributed by atoms with Crippen LogP contribution in [0.4, 0.5) is 5.13 Å². The quantitative estimate of drug-likeness (QED) is 0.418. The van der Waals surface area contributed by atoms with Gasteiger partial charge in [-0.15, -0.1) is 0 Å². The molecule has 4 aromatic rings. The fourth-order valence-electron chi connectivity index (χ4n) is 2.90. The van der Waals surface area contributed by atoms with E-state index in [9.17, 15) is 4.79 Å². The Morgan fingerprint density at radius 1 is 1.07 bits per heavy atom. The molecule has 1 aromatic heterocycles. The monoisotopic (exact) mass is 408 g/mol. The summed E-state index contributed by atoms with van der Waals surface area (Å²) in [6, 6.07) is 22.5. The summed E-state index contributed by atoms with van der Waals surface area (Å²) >= 11 is 7.56. The average Bonchev–Trinajstić information content (AvgIpc) is 3.15. The first kappa shape index (κ1) is 18.5. The van der Waals surface area contributed by atoms with Crippen LogP contribution in [0.1, 0.15) is 15.9 Å². The zero-order chi connectivity index (χ0) is 19.5. The second kappa shape index (κ2) is 8.00. The van der Waals surface area contributed by atoms with E-state index in [1.54, 1.807) is 36.3 Å². The Balaban J connectivity index is 1.77. The summed E-state index contributed by atoms with van der Waals surface area (Å²) in [6.07, 6.45) is 0. The van der Waals surface area contributed by atoms with Gasteiger partial charge in [-0.05, 0) is 42.0 Å². The number of methoxy groups -OCH3 is 1. The molecule has 140 valence electrons. The Hall–Kier alpha value is -2.89. The molecular formula is C22H17ClN2O2S. The molecule has 0 unspecified atom stereocenters. The summed E-state index contributed by atoms with van der Waals surface area (Å²) in [5.41, 5.74) is 2.38. The third-order valence-electron chi connectivity index (χ3n) is 4.32. The number of hydrogen-bond donors (Lipinski definition) is 0. The van der Waals surface area contributed by atoms with Gasteiger partial charge in [0.1, 0.15) is 5.75 Å². The Morgan fingerprint density at radius 3 is 2.64 bits per heavy atom. The molecule has 0 atom stereocenters. The number of rotatable bonds is 5. The van der Waals surface area contributed by atoms with Crippen LogP contribution < -0.4 is 9.64 Å². The van der Waals surface area contributed by atoms with Gasteiger partial charge in [0.05, 0.1) is 23.9 Å². The van der Waals surface area contributed by atoms with Gasteiger partial charge in [-0.1, -0.05) is 59.3 Å². The zero-order valence-electron chi connectivity index (χ0n) is 15.1. The molecule has 0 aliphatic rings. The van der Waals surface area contributed by atoms with Crippen LogP contribution in [0.2, 0.25) is 5.02 Å². The first-order valence-electron chi connectivity index (χ1n) is 8.70. The number of nitrogens with zero attached hydrogens (tertiary/aromatic N) is 2. The minimum atomic E-state index is -0.141. The second-order valence-electron chi connectivity index (χ2n) is 6.22. The molecule has 0 aliphatic heterocycles. The Kier molecular flexibility index (Phi) is 5.28. The van der Waals surface area contributed by atoms with Crippen LogP contribution >= 0.6 is 22.9 Å². The number of amides is 1. The zero-order valence-corrected chi connectivity index (χ0v) is 16.7. The molecule has 0 fully saturated rings. The van der Waals surface area contributed by atoms with Crippen LogP contribution in [0, 0.1) is 0 Å². The number of hydrogen-bond acceptors (Lipinski definition) is 4. The Labute approximate surface area is 172 Å². The molecular weight excluding hydrogens is 392 g/mol. The van der Waals surface area contributed by atoms with Crippen LogP contribution in [-0.4, -0.2) is 18.0 Å². The molecule has 0 saturated heterocycles. The minimum Gasteiger partial charge on any atom is -0.497 e. The third kappa shape index (κ3) is 3.86. The maximum atomic E-state index is 13.3. The van der Waals surface area contributed by atoms with Gasteiger partial charge in [0, 0.05) is 10.6 Å². The number of carbonyl (C=O) groups is 1. The largest absolute Gasteiger partial charge is 0.497 e. The summed E-state index contributed by atoms with van der Waals surface area (Å²) in [7, 11) is 1.63. The molecule has 0 radical (unpaired) electrons. The Bertz CT molecular complexity index is 1130. The lowest BCUT2D eigenvalue weighted by molar-refractivity contribution is 0.0985. The van der Waals surface area contributed by atoms with E-state index in [0.717, 1.165) is 21.5 Å². The number of carbonyl (C=O) groups excluding carboxylic acids is 1. The van der Waals surface area contributed by atoms with Crippen molar-refractivity contribution in [3.05, 3.63) is 88.9 Å². The van der Waals surface area contributed by atoms with E-state index in [-0.39, 0.29) is 5.91 Å². The number of benzene rings is 3. The van der Waals surface area contributed by atoms with Crippen LogP contribution in [0.15, 0.2) is 72.8 Å². The summed E-state index contributed by atoms with van der Waals surface area (Å²) in [4.78, 5) is 19.7. The predicted octanol–water partition coefficient (Wildman–Crippen LogP) is 5.81. The summed E-state index contributed by atoms with van der Waals surface area (Å²) < 4.78 is 6.27. The average molecular weight is 409 g/mol. The lowest BCUT2D eigenvalue weighted by atomic mass is 10.1. The number of ether oxygens (including phenoxy) is 1. The van der Waals surface area contributed by atoms with Gasteiger partial charge in [0.2, 0.25) is 0 Å². The second-order valence-corrected chi connectivity index (χ2v) is 7.66. The van der Waals surface area contributed by atoms with Crippen molar-refractivity contribution in [3.8, 4) is 5.75 Å². The van der Waals surface area contributed by atoms with E-state index in [2.05, 4.69) is 4.98 Å². The van der Waals surface area contributed by atoms with Gasteiger partial charge in [0.15, 0.2) is 5.13 Å². The van der Waals surface area contributed by atoms with Gasteiger partial charge in [-0.25, -0.2) is 4.98 Å². The number of fused-ring (bicyclic) bond motifs is 1. The van der Waals surface area contributed by atoms with Crippen molar-refractivity contribution in [1.29, 1.82) is 0 Å². The van der Waals surface area contributed by atoms with E-state index >= 15 is 0 Å². The van der Waals surface area contributed by atoms with Crippen molar-refractivity contribution in [1.82, 2.24) is 4.98 Å². The molecule has 3 aromatic carbocycles. The van der Waals surface area contributed by atoms with E-state index in [0.29, 0.717) is 22.3 Å². The fraction of sp³-hybridized carbons (Fsp3) is 0.0909. The number of anilines is 1. The minimum absolute atomic E-state index is 0.141. The van der Waals surface area contributed by atoms with Crippen molar-refractivity contribution in [2.24, 2.45) is 0 Å². The maximum Gasteiger partial charge on any atom is 0.260 e. The summed E-state index contributed by atoms with van der Waals surface area (Å²) in [5.74, 6) is 0.621. The first-order valence-corrected chi connectivity index (χ1v) is 9.89. The van der Waals surface area contributed by atoms with E-state index < -0.39 is 0 Å². The molecule has 0 spiro atoms. The number of halogens is 1. The lowest BCUT2D eigenvalue weighted by Crippen LogP contribution is -2.30. The molecule has 1 amide bonds. The normalized spacial score (nSPS) is 10.8. The highest BCUT2D eigenvalue weighted by Gasteiger charge is 2.22. The third-order valence-corrected chi connectivity index (χ3v) is 5.59. The van der Waals surface area contributed by atoms with Crippen molar-refractivity contribution in [3.63, 3.8) is 0 Å². The van der Waals surface area contributed by atoms with Crippen LogP contribution in [0.5, 0.6) is 5.75 Å². The molecule has 6 heteroatoms. The topological polar surface area (TPSA) is 42.4 Å². The smallest absolute Gasteiger partial charge is 0.260 e. The van der Waals surface area contributed by atoms with Gasteiger partial charge < -0.3 is 4.74 Å². The molecule has 28 heavy (non-hydrogen) atoms. The summed E-state index contributed by atoms with van der Waals surface area (Å²) in [5, 5.41) is 1.16. The highest BCUT2D eigenvalue weighted by Crippen LogP contribution is 2.33. The van der Waals surface area contributed by atoms with Crippen LogP contribution in [0.25, 0.3) is 10.2 Å². The first-order chi connectivity index (χ1) is 13.6. The maximum absolute atomic E-state index is 13.3. The van der Waals surface area contributed by atoms with Crippen LogP contribution in [0.3, 0.4) is 0 Å². The van der Waals surface area contributed by atoms with Crippen molar-refractivity contribution >= 4 is 44.2 Å². The molecule has 0 N–H and O–H groups in total. The Morgan fingerprint density at radius 2 is 1.89 bits per heavy atom. The molecule has 0 aliphatic carbocycles. The number of aromatic nitrogens is 1. The molecule has 0 saturated carbocycles. The van der Waals surface area contributed by atoms with Crippen molar-refractivity contribution in [2.75, 3.05) is 12.0 Å². The highest BCUT2D eigenvalue weighted by atomic mass is 35.5. The molecule has 0 bridgehead atoms. The molecule has 1 heterocycles.